The molecule has 2 aliphatic heterocycles. The summed E-state index contributed by atoms with van der Waals surface area (Å²) in [5.41, 5.74) is 0.518. The van der Waals surface area contributed by atoms with Crippen molar-refractivity contribution in [3.05, 3.63) is 67.5 Å². The second-order valence-corrected chi connectivity index (χ2v) is 19.3. The van der Waals surface area contributed by atoms with Crippen LogP contribution < -0.4 is 9.62 Å². The SMILES string of the molecule is O=C(O)C(CNS(=O)(=O)c1cnc(N2CCC(CCCC3CCN(S(=O)(=O)c4cc(Br)c(Cl)s4)CC3)CC2)c(Br)c1)c1ccccc1. The van der Waals surface area contributed by atoms with Crippen molar-refractivity contribution < 1.29 is 26.7 Å². The number of benzene rings is 1. The number of nitrogens with zero attached hydrogens (tertiary/aromatic N) is 3. The Labute approximate surface area is 302 Å². The fraction of sp³-hybridized carbons (Fsp3) is 0.484. The summed E-state index contributed by atoms with van der Waals surface area (Å²) in [7, 11) is -7.49. The first-order valence-corrected chi connectivity index (χ1v) is 21.2. The Morgan fingerprint density at radius 2 is 1.60 bits per heavy atom. The van der Waals surface area contributed by atoms with Crippen LogP contribution in [0, 0.1) is 11.8 Å². The molecule has 2 saturated heterocycles. The highest BCUT2D eigenvalue weighted by atomic mass is 79.9. The molecule has 1 atom stereocenters. The maximum Gasteiger partial charge on any atom is 0.312 e. The van der Waals surface area contributed by atoms with Gasteiger partial charge in [-0.15, -0.1) is 11.3 Å². The summed E-state index contributed by atoms with van der Waals surface area (Å²) in [6.45, 7) is 2.42. The van der Waals surface area contributed by atoms with Crippen LogP contribution in [0.15, 0.2) is 66.7 Å². The number of hydrogen-bond donors (Lipinski definition) is 2. The third-order valence-corrected chi connectivity index (χ3v) is 15.8. The van der Waals surface area contributed by atoms with E-state index in [1.165, 1.54) is 12.3 Å². The van der Waals surface area contributed by atoms with Gasteiger partial charge in [-0.2, -0.15) is 4.31 Å². The normalized spacial score (nSPS) is 18.0. The molecule has 2 N–H and O–H groups in total. The fourth-order valence-electron chi connectivity index (χ4n) is 6.25. The van der Waals surface area contributed by atoms with Gasteiger partial charge in [-0.05, 0) is 87.1 Å². The van der Waals surface area contributed by atoms with Crippen LogP contribution in [0.2, 0.25) is 4.34 Å². The van der Waals surface area contributed by atoms with E-state index < -0.39 is 31.9 Å². The molecule has 1 aromatic carbocycles. The number of carboxylic acid groups (broad SMARTS) is 1. The molecule has 47 heavy (non-hydrogen) atoms. The number of rotatable bonds is 13. The van der Waals surface area contributed by atoms with Crippen LogP contribution in [0.5, 0.6) is 0 Å². The molecule has 5 rings (SSSR count). The minimum atomic E-state index is -3.98. The van der Waals surface area contributed by atoms with Gasteiger partial charge in [-0.1, -0.05) is 61.2 Å². The summed E-state index contributed by atoms with van der Waals surface area (Å²) in [6, 6.07) is 11.6. The van der Waals surface area contributed by atoms with Crippen molar-refractivity contribution in [3.63, 3.8) is 0 Å². The van der Waals surface area contributed by atoms with Crippen LogP contribution in [0.1, 0.15) is 56.4 Å². The molecule has 1 unspecified atom stereocenters. The van der Waals surface area contributed by atoms with E-state index >= 15 is 0 Å². The fourth-order valence-corrected chi connectivity index (χ4v) is 11.9. The van der Waals surface area contributed by atoms with Gasteiger partial charge in [-0.25, -0.2) is 26.5 Å². The maximum absolute atomic E-state index is 13.0. The van der Waals surface area contributed by atoms with Gasteiger partial charge in [0.1, 0.15) is 19.3 Å². The van der Waals surface area contributed by atoms with E-state index in [1.54, 1.807) is 40.7 Å². The van der Waals surface area contributed by atoms with Gasteiger partial charge in [0.05, 0.1) is 10.4 Å². The smallest absolute Gasteiger partial charge is 0.312 e. The molecule has 0 saturated carbocycles. The van der Waals surface area contributed by atoms with Crippen molar-refractivity contribution in [3.8, 4) is 0 Å². The Kier molecular flexibility index (Phi) is 12.5. The number of aromatic nitrogens is 1. The number of piperidine rings is 2. The Morgan fingerprint density at radius 3 is 2.15 bits per heavy atom. The van der Waals surface area contributed by atoms with Gasteiger partial charge in [0, 0.05) is 43.4 Å². The predicted molar refractivity (Wildman–Crippen MR) is 191 cm³/mol. The van der Waals surface area contributed by atoms with Crippen molar-refractivity contribution in [2.24, 2.45) is 11.8 Å². The monoisotopic (exact) mass is 850 g/mol. The molecular formula is C31H37Br2ClN4O6S3. The van der Waals surface area contributed by atoms with Crippen molar-refractivity contribution in [1.82, 2.24) is 14.0 Å². The Bertz CT molecular complexity index is 1740. The molecule has 2 aromatic heterocycles. The average Bonchev–Trinajstić information content (AvgIpc) is 3.40. The zero-order chi connectivity index (χ0) is 33.8. The van der Waals surface area contributed by atoms with Crippen LogP contribution in [0.25, 0.3) is 0 Å². The average molecular weight is 853 g/mol. The molecule has 16 heteroatoms. The Morgan fingerprint density at radius 1 is 0.979 bits per heavy atom. The first-order chi connectivity index (χ1) is 22.3. The van der Waals surface area contributed by atoms with E-state index in [9.17, 15) is 26.7 Å². The molecule has 0 spiro atoms. The first kappa shape index (κ1) is 36.7. The number of aliphatic carboxylic acids is 1. The molecule has 0 bridgehead atoms. The second-order valence-electron chi connectivity index (χ2n) is 12.0. The van der Waals surface area contributed by atoms with Crippen LogP contribution in [0.4, 0.5) is 5.82 Å². The van der Waals surface area contributed by atoms with Gasteiger partial charge in [0.2, 0.25) is 10.0 Å². The van der Waals surface area contributed by atoms with E-state index in [0.717, 1.165) is 69.4 Å². The lowest BCUT2D eigenvalue weighted by Gasteiger charge is -2.34. The molecule has 0 radical (unpaired) electrons. The van der Waals surface area contributed by atoms with E-state index in [2.05, 4.69) is 46.5 Å². The lowest BCUT2D eigenvalue weighted by molar-refractivity contribution is -0.138. The molecule has 2 fully saturated rings. The van der Waals surface area contributed by atoms with E-state index in [4.69, 9.17) is 11.6 Å². The van der Waals surface area contributed by atoms with Gasteiger partial charge >= 0.3 is 5.97 Å². The van der Waals surface area contributed by atoms with Crippen molar-refractivity contribution in [1.29, 1.82) is 0 Å². The summed E-state index contributed by atoms with van der Waals surface area (Å²) in [6.07, 6.45) is 8.43. The Hall–Kier alpha value is -1.59. The highest BCUT2D eigenvalue weighted by Gasteiger charge is 2.31. The van der Waals surface area contributed by atoms with Crippen molar-refractivity contribution >= 4 is 86.6 Å². The lowest BCUT2D eigenvalue weighted by Crippen LogP contribution is -2.38. The summed E-state index contributed by atoms with van der Waals surface area (Å²) in [4.78, 5) is 18.4. The lowest BCUT2D eigenvalue weighted by atomic mass is 9.87. The van der Waals surface area contributed by atoms with E-state index in [0.29, 0.717) is 49.6 Å². The highest BCUT2D eigenvalue weighted by Crippen LogP contribution is 2.37. The van der Waals surface area contributed by atoms with Crippen molar-refractivity contribution in [2.75, 3.05) is 37.6 Å². The molecule has 0 amide bonds. The summed E-state index contributed by atoms with van der Waals surface area (Å²) >= 11 is 14.0. The third-order valence-electron chi connectivity index (χ3n) is 9.01. The maximum atomic E-state index is 13.0. The van der Waals surface area contributed by atoms with E-state index in [1.807, 2.05) is 0 Å². The largest absolute Gasteiger partial charge is 0.481 e. The van der Waals surface area contributed by atoms with Gasteiger partial charge in [0.15, 0.2) is 0 Å². The number of carboxylic acids is 1. The molecule has 256 valence electrons. The summed E-state index contributed by atoms with van der Waals surface area (Å²) in [5, 5.41) is 9.63. The number of carbonyl (C=O) groups is 1. The number of thiophene rings is 1. The highest BCUT2D eigenvalue weighted by molar-refractivity contribution is 9.11. The number of sulfonamides is 2. The second kappa shape index (κ2) is 16.0. The summed E-state index contributed by atoms with van der Waals surface area (Å²) < 4.78 is 57.9. The van der Waals surface area contributed by atoms with E-state index in [-0.39, 0.29) is 15.6 Å². The minimum absolute atomic E-state index is 0.0346. The van der Waals surface area contributed by atoms with Gasteiger partial charge in [-0.3, -0.25) is 4.79 Å². The zero-order valence-electron chi connectivity index (χ0n) is 25.5. The molecule has 4 heterocycles. The summed E-state index contributed by atoms with van der Waals surface area (Å²) in [5.74, 6) is -0.310. The number of nitrogens with one attached hydrogen (secondary N) is 1. The van der Waals surface area contributed by atoms with Crippen LogP contribution in [-0.4, -0.2) is 69.9 Å². The van der Waals surface area contributed by atoms with Gasteiger partial charge in [0.25, 0.3) is 10.0 Å². The molecular weight excluding hydrogens is 816 g/mol. The molecule has 10 nitrogen and oxygen atoms in total. The standard InChI is InChI=1S/C31H37Br2ClN4O6S3/c32-26-18-28(45-29(26)34)47(43,44)38-15-11-22(12-16-38)6-4-5-21-9-13-37(14-10-21)30-27(33)17-24(19-35-30)46(41,42)36-20-25(31(39)40)23-7-2-1-3-8-23/h1-3,7-8,17-19,21-22,25,36H,4-6,9-16,20H2,(H,39,40). The van der Waals surface area contributed by atoms with Gasteiger partial charge < -0.3 is 10.0 Å². The Balaban J connectivity index is 1.05. The quantitative estimate of drug-likeness (QED) is 0.189. The number of anilines is 1. The predicted octanol–water partition coefficient (Wildman–Crippen LogP) is 6.96. The molecule has 3 aromatic rings. The molecule has 2 aliphatic rings. The topological polar surface area (TPSA) is 137 Å². The first-order valence-electron chi connectivity index (χ1n) is 15.5. The zero-order valence-corrected chi connectivity index (χ0v) is 31.9. The van der Waals surface area contributed by atoms with Crippen LogP contribution in [0.3, 0.4) is 0 Å². The number of pyridine rings is 1. The number of hydrogen-bond acceptors (Lipinski definition) is 8. The minimum Gasteiger partial charge on any atom is -0.481 e. The van der Waals surface area contributed by atoms with Crippen LogP contribution >= 0.6 is 54.8 Å². The molecule has 0 aliphatic carbocycles. The third kappa shape index (κ3) is 9.15. The van der Waals surface area contributed by atoms with Crippen LogP contribution in [-0.2, 0) is 24.8 Å². The van der Waals surface area contributed by atoms with Crippen molar-refractivity contribution in [2.45, 2.75) is 60.0 Å². The number of halogens is 3.